The normalized spacial score (nSPS) is 18.3. The van der Waals surface area contributed by atoms with E-state index in [1.165, 1.54) is 0 Å². The highest BCUT2D eigenvalue weighted by Gasteiger charge is 2.27. The Morgan fingerprint density at radius 1 is 1.48 bits per heavy atom. The van der Waals surface area contributed by atoms with Gasteiger partial charge < -0.3 is 9.47 Å². The molecule has 0 saturated carbocycles. The first-order valence-electron chi connectivity index (χ1n) is 7.92. The summed E-state index contributed by atoms with van der Waals surface area (Å²) in [6.45, 7) is 2.44. The van der Waals surface area contributed by atoms with Crippen LogP contribution in [0.5, 0.6) is 0 Å². The second kappa shape index (κ2) is 7.97. The highest BCUT2D eigenvalue weighted by atomic mass is 32.2. The maximum absolute atomic E-state index is 12.3. The van der Waals surface area contributed by atoms with Gasteiger partial charge in [-0.1, -0.05) is 0 Å². The molecule has 23 heavy (non-hydrogen) atoms. The van der Waals surface area contributed by atoms with Gasteiger partial charge >= 0.3 is 0 Å². The first-order chi connectivity index (χ1) is 11.3. The van der Waals surface area contributed by atoms with Crippen LogP contribution in [0, 0.1) is 0 Å². The van der Waals surface area contributed by atoms with E-state index >= 15 is 0 Å². The van der Waals surface area contributed by atoms with Gasteiger partial charge in [-0.15, -0.1) is 11.3 Å². The summed E-state index contributed by atoms with van der Waals surface area (Å²) in [5, 5.41) is 2.07. The highest BCUT2D eigenvalue weighted by molar-refractivity contribution is 7.98. The van der Waals surface area contributed by atoms with E-state index in [2.05, 4.69) is 19.9 Å². The topological polar surface area (TPSA) is 51.0 Å². The minimum atomic E-state index is 0.279. The second-order valence-electron chi connectivity index (χ2n) is 5.81. The number of hydrogen-bond acceptors (Lipinski definition) is 5. The van der Waals surface area contributed by atoms with E-state index in [0.29, 0.717) is 12.3 Å². The lowest BCUT2D eigenvalue weighted by Crippen LogP contribution is -2.40. The Kier molecular flexibility index (Phi) is 5.72. The third kappa shape index (κ3) is 4.14. The SMILES string of the molecule is CSCCC(=O)N1CCC[C@H](c2nccn2Cc2cscn2)C1. The van der Waals surface area contributed by atoms with Crippen LogP contribution >= 0.6 is 23.1 Å². The van der Waals surface area contributed by atoms with E-state index in [0.717, 1.165) is 49.7 Å². The van der Waals surface area contributed by atoms with Gasteiger partial charge in [0.25, 0.3) is 0 Å². The molecule has 0 radical (unpaired) electrons. The maximum atomic E-state index is 12.3. The molecule has 2 aromatic heterocycles. The number of thioether (sulfide) groups is 1. The third-order valence-electron chi connectivity index (χ3n) is 4.22. The number of hydrogen-bond donors (Lipinski definition) is 0. The van der Waals surface area contributed by atoms with Crippen molar-refractivity contribution in [2.75, 3.05) is 25.1 Å². The number of piperidine rings is 1. The van der Waals surface area contributed by atoms with Crippen LogP contribution in [0.1, 0.15) is 36.7 Å². The fraction of sp³-hybridized carbons (Fsp3) is 0.562. The second-order valence-corrected chi connectivity index (χ2v) is 7.52. The van der Waals surface area contributed by atoms with Crippen LogP contribution in [0.4, 0.5) is 0 Å². The molecule has 2 aromatic rings. The van der Waals surface area contributed by atoms with Gasteiger partial charge in [0, 0.05) is 49.0 Å². The Hall–Kier alpha value is -1.34. The molecule has 1 fully saturated rings. The quantitative estimate of drug-likeness (QED) is 0.804. The van der Waals surface area contributed by atoms with Crippen molar-refractivity contribution >= 4 is 29.0 Å². The molecule has 1 aliphatic heterocycles. The maximum Gasteiger partial charge on any atom is 0.223 e. The summed E-state index contributed by atoms with van der Waals surface area (Å²) in [6.07, 6.45) is 8.71. The molecule has 3 heterocycles. The Bertz CT molecular complexity index is 626. The summed E-state index contributed by atoms with van der Waals surface area (Å²) in [5.74, 6) is 2.59. The van der Waals surface area contributed by atoms with E-state index < -0.39 is 0 Å². The van der Waals surface area contributed by atoms with Crippen molar-refractivity contribution in [3.05, 3.63) is 34.8 Å². The molecule has 1 amide bonds. The summed E-state index contributed by atoms with van der Waals surface area (Å²) in [5.41, 5.74) is 2.93. The minimum Gasteiger partial charge on any atom is -0.342 e. The molecular formula is C16H22N4OS2. The van der Waals surface area contributed by atoms with Gasteiger partial charge in [0.1, 0.15) is 5.82 Å². The fourth-order valence-corrected chi connectivity index (χ4v) is 3.99. The highest BCUT2D eigenvalue weighted by Crippen LogP contribution is 2.26. The van der Waals surface area contributed by atoms with Crippen LogP contribution in [0.15, 0.2) is 23.3 Å². The molecule has 0 N–H and O–H groups in total. The average molecular weight is 351 g/mol. The average Bonchev–Trinajstić information content (AvgIpc) is 3.25. The zero-order valence-corrected chi connectivity index (χ0v) is 15.0. The fourth-order valence-electron chi connectivity index (χ4n) is 3.07. The Balaban J connectivity index is 1.67. The number of imidazole rings is 1. The molecule has 7 heteroatoms. The van der Waals surface area contributed by atoms with Gasteiger partial charge in [-0.3, -0.25) is 4.79 Å². The molecule has 124 valence electrons. The van der Waals surface area contributed by atoms with Crippen molar-refractivity contribution in [2.24, 2.45) is 0 Å². The molecule has 0 spiro atoms. The van der Waals surface area contributed by atoms with Crippen LogP contribution in [0.25, 0.3) is 0 Å². The smallest absolute Gasteiger partial charge is 0.223 e. The third-order valence-corrected chi connectivity index (χ3v) is 5.47. The van der Waals surface area contributed by atoms with E-state index in [1.807, 2.05) is 29.1 Å². The zero-order chi connectivity index (χ0) is 16.1. The summed E-state index contributed by atoms with van der Waals surface area (Å²) in [4.78, 5) is 23.2. The first-order valence-corrected chi connectivity index (χ1v) is 10.3. The van der Waals surface area contributed by atoms with Crippen molar-refractivity contribution in [3.8, 4) is 0 Å². The van der Waals surface area contributed by atoms with Crippen LogP contribution < -0.4 is 0 Å². The van der Waals surface area contributed by atoms with Gasteiger partial charge in [0.15, 0.2) is 0 Å². The Morgan fingerprint density at radius 2 is 2.39 bits per heavy atom. The molecular weight excluding hydrogens is 328 g/mol. The van der Waals surface area contributed by atoms with Gasteiger partial charge in [-0.2, -0.15) is 11.8 Å². The van der Waals surface area contributed by atoms with Gasteiger partial charge in [0.05, 0.1) is 17.7 Å². The summed E-state index contributed by atoms with van der Waals surface area (Å²) < 4.78 is 2.18. The lowest BCUT2D eigenvalue weighted by Gasteiger charge is -2.32. The Morgan fingerprint density at radius 3 is 3.17 bits per heavy atom. The number of rotatable bonds is 6. The number of carbonyl (C=O) groups is 1. The van der Waals surface area contributed by atoms with Gasteiger partial charge in [-0.05, 0) is 19.1 Å². The molecule has 1 saturated heterocycles. The summed E-state index contributed by atoms with van der Waals surface area (Å²) in [6, 6.07) is 0. The van der Waals surface area contributed by atoms with E-state index in [9.17, 15) is 4.79 Å². The van der Waals surface area contributed by atoms with Crippen molar-refractivity contribution in [1.29, 1.82) is 0 Å². The molecule has 5 nitrogen and oxygen atoms in total. The van der Waals surface area contributed by atoms with Gasteiger partial charge in [0.2, 0.25) is 5.91 Å². The predicted molar refractivity (Wildman–Crippen MR) is 95.0 cm³/mol. The minimum absolute atomic E-state index is 0.279. The molecule has 0 unspecified atom stereocenters. The molecule has 0 aromatic carbocycles. The summed E-state index contributed by atoms with van der Waals surface area (Å²) in [7, 11) is 0. The first kappa shape index (κ1) is 16.5. The van der Waals surface area contributed by atoms with Crippen LogP contribution in [-0.2, 0) is 11.3 Å². The van der Waals surface area contributed by atoms with Crippen molar-refractivity contribution < 1.29 is 4.79 Å². The van der Waals surface area contributed by atoms with Crippen molar-refractivity contribution in [2.45, 2.75) is 31.7 Å². The number of amides is 1. The van der Waals surface area contributed by atoms with Crippen LogP contribution in [0.3, 0.4) is 0 Å². The van der Waals surface area contributed by atoms with E-state index in [-0.39, 0.29) is 5.91 Å². The van der Waals surface area contributed by atoms with Crippen LogP contribution in [0.2, 0.25) is 0 Å². The number of nitrogens with zero attached hydrogens (tertiary/aromatic N) is 4. The molecule has 1 atom stereocenters. The van der Waals surface area contributed by atoms with Crippen molar-refractivity contribution in [3.63, 3.8) is 0 Å². The number of thiazole rings is 1. The predicted octanol–water partition coefficient (Wildman–Crippen LogP) is 2.85. The van der Waals surface area contributed by atoms with Crippen LogP contribution in [-0.4, -0.2) is 50.4 Å². The monoisotopic (exact) mass is 350 g/mol. The molecule has 3 rings (SSSR count). The lowest BCUT2D eigenvalue weighted by molar-refractivity contribution is -0.132. The van der Waals surface area contributed by atoms with Gasteiger partial charge in [-0.25, -0.2) is 9.97 Å². The molecule has 0 bridgehead atoms. The number of aromatic nitrogens is 3. The van der Waals surface area contributed by atoms with Crippen molar-refractivity contribution in [1.82, 2.24) is 19.4 Å². The molecule has 0 aliphatic carbocycles. The number of likely N-dealkylation sites (tertiary alicyclic amines) is 1. The Labute approximate surface area is 145 Å². The van der Waals surface area contributed by atoms with E-state index in [1.54, 1.807) is 23.1 Å². The number of carbonyl (C=O) groups excluding carboxylic acids is 1. The zero-order valence-electron chi connectivity index (χ0n) is 13.4. The van der Waals surface area contributed by atoms with E-state index in [4.69, 9.17) is 0 Å². The lowest BCUT2D eigenvalue weighted by atomic mass is 9.97. The summed E-state index contributed by atoms with van der Waals surface area (Å²) >= 11 is 3.34. The molecule has 1 aliphatic rings. The standard InChI is InChI=1S/C16H22N4OS2/c1-22-8-4-15(21)19-6-2-3-13(9-19)16-17-5-7-20(16)10-14-11-23-12-18-14/h5,7,11-13H,2-4,6,8-10H2,1H3/t13-/m0/s1. The largest absolute Gasteiger partial charge is 0.342 e.